The zero-order valence-electron chi connectivity index (χ0n) is 6.71. The van der Waals surface area contributed by atoms with Gasteiger partial charge >= 0.3 is 0 Å². The standard InChI is InChI=1S/C8H12Br2OS/c9-5-1-3-7-6(10)2-4-8(5)12(7)11/h5-8H,1-4H2/t5-,6-,7-,8+,12?/m0/s1. The van der Waals surface area contributed by atoms with E-state index < -0.39 is 10.8 Å². The number of hydrogen-bond donors (Lipinski definition) is 0. The van der Waals surface area contributed by atoms with Crippen LogP contribution in [0, 0.1) is 0 Å². The fourth-order valence-electron chi connectivity index (χ4n) is 2.13. The van der Waals surface area contributed by atoms with Gasteiger partial charge in [0.05, 0.1) is 0 Å². The molecule has 0 spiro atoms. The van der Waals surface area contributed by atoms with E-state index in [0.29, 0.717) is 20.2 Å². The van der Waals surface area contributed by atoms with Gasteiger partial charge in [0.15, 0.2) is 0 Å². The summed E-state index contributed by atoms with van der Waals surface area (Å²) >= 11 is 7.26. The molecule has 12 heavy (non-hydrogen) atoms. The lowest BCUT2D eigenvalue weighted by atomic mass is 9.99. The summed E-state index contributed by atoms with van der Waals surface area (Å²) < 4.78 is 11.9. The summed E-state index contributed by atoms with van der Waals surface area (Å²) in [5.41, 5.74) is 0. The molecule has 2 heterocycles. The molecule has 1 nitrogen and oxygen atoms in total. The van der Waals surface area contributed by atoms with Gasteiger partial charge in [0.2, 0.25) is 0 Å². The van der Waals surface area contributed by atoms with Crippen LogP contribution in [0.3, 0.4) is 0 Å². The second-order valence-corrected chi connectivity index (χ2v) is 7.81. The molecule has 1 unspecified atom stereocenters. The molecule has 2 aliphatic rings. The molecule has 0 aliphatic carbocycles. The zero-order chi connectivity index (χ0) is 8.72. The van der Waals surface area contributed by atoms with Crippen LogP contribution in [0.25, 0.3) is 0 Å². The Labute approximate surface area is 92.4 Å². The van der Waals surface area contributed by atoms with Gasteiger partial charge < -0.3 is 0 Å². The first kappa shape index (κ1) is 9.66. The molecule has 2 fully saturated rings. The van der Waals surface area contributed by atoms with E-state index in [-0.39, 0.29) is 0 Å². The third-order valence-corrected chi connectivity index (χ3v) is 8.07. The van der Waals surface area contributed by atoms with Crippen LogP contribution in [0.15, 0.2) is 0 Å². The van der Waals surface area contributed by atoms with Crippen LogP contribution >= 0.6 is 31.9 Å². The molecule has 0 saturated carbocycles. The van der Waals surface area contributed by atoms with Crippen molar-refractivity contribution < 1.29 is 4.21 Å². The zero-order valence-corrected chi connectivity index (χ0v) is 10.7. The van der Waals surface area contributed by atoms with Crippen LogP contribution in [0.5, 0.6) is 0 Å². The monoisotopic (exact) mass is 314 g/mol. The Hall–Kier alpha value is 1.11. The molecular formula is C8H12Br2OS. The SMILES string of the molecule is O=S1[C@@H]2CC[C@H](Br)[C@@H]1CC[C@@H]2Br. The van der Waals surface area contributed by atoms with Crippen molar-refractivity contribution in [1.29, 1.82) is 0 Å². The average molecular weight is 316 g/mol. The van der Waals surface area contributed by atoms with E-state index in [1.807, 2.05) is 0 Å². The maximum Gasteiger partial charge on any atom is 0.0476 e. The van der Waals surface area contributed by atoms with Crippen LogP contribution in [-0.4, -0.2) is 24.4 Å². The normalized spacial score (nSPS) is 53.7. The highest BCUT2D eigenvalue weighted by Crippen LogP contribution is 2.39. The highest BCUT2D eigenvalue weighted by molar-refractivity contribution is 9.10. The van der Waals surface area contributed by atoms with Gasteiger partial charge in [0.1, 0.15) is 0 Å². The summed E-state index contributed by atoms with van der Waals surface area (Å²) in [5.74, 6) is 0. The van der Waals surface area contributed by atoms with Crippen molar-refractivity contribution in [3.63, 3.8) is 0 Å². The van der Waals surface area contributed by atoms with Gasteiger partial charge in [0.25, 0.3) is 0 Å². The van der Waals surface area contributed by atoms with Crippen molar-refractivity contribution in [2.24, 2.45) is 0 Å². The molecule has 2 aliphatic heterocycles. The third-order valence-electron chi connectivity index (χ3n) is 2.86. The van der Waals surface area contributed by atoms with Crippen molar-refractivity contribution in [2.45, 2.75) is 45.8 Å². The molecule has 0 N–H and O–H groups in total. The lowest BCUT2D eigenvalue weighted by Gasteiger charge is -2.39. The van der Waals surface area contributed by atoms with E-state index in [0.717, 1.165) is 12.8 Å². The Bertz CT molecular complexity index is 189. The topological polar surface area (TPSA) is 17.1 Å². The second kappa shape index (κ2) is 3.70. The largest absolute Gasteiger partial charge is 0.259 e. The van der Waals surface area contributed by atoms with Gasteiger partial charge in [-0.3, -0.25) is 4.21 Å². The van der Waals surface area contributed by atoms with E-state index in [4.69, 9.17) is 0 Å². The molecule has 4 heteroatoms. The number of alkyl halides is 2. The summed E-state index contributed by atoms with van der Waals surface area (Å²) in [7, 11) is -0.590. The molecule has 2 bridgehead atoms. The quantitative estimate of drug-likeness (QED) is 0.628. The van der Waals surface area contributed by atoms with Gasteiger partial charge in [-0.2, -0.15) is 0 Å². The average Bonchev–Trinajstić information content (AvgIpc) is 2.01. The van der Waals surface area contributed by atoms with Crippen molar-refractivity contribution in [1.82, 2.24) is 0 Å². The van der Waals surface area contributed by atoms with Gasteiger partial charge in [-0.15, -0.1) is 0 Å². The van der Waals surface area contributed by atoms with Crippen LogP contribution < -0.4 is 0 Å². The number of rotatable bonds is 0. The van der Waals surface area contributed by atoms with Crippen molar-refractivity contribution in [3.8, 4) is 0 Å². The maximum absolute atomic E-state index is 11.9. The predicted molar refractivity (Wildman–Crippen MR) is 59.6 cm³/mol. The van der Waals surface area contributed by atoms with E-state index in [2.05, 4.69) is 31.9 Å². The van der Waals surface area contributed by atoms with Crippen molar-refractivity contribution in [2.75, 3.05) is 0 Å². The van der Waals surface area contributed by atoms with Crippen LogP contribution in [-0.2, 0) is 10.8 Å². The summed E-state index contributed by atoms with van der Waals surface area (Å²) in [6.45, 7) is 0. The second-order valence-electron chi connectivity index (χ2n) is 3.59. The van der Waals surface area contributed by atoms with Gasteiger partial charge in [-0.05, 0) is 25.7 Å². The minimum atomic E-state index is -0.590. The fraction of sp³-hybridized carbons (Fsp3) is 1.00. The highest BCUT2D eigenvalue weighted by Gasteiger charge is 2.42. The summed E-state index contributed by atoms with van der Waals surface area (Å²) in [6, 6.07) is 0. The van der Waals surface area contributed by atoms with Gasteiger partial charge in [-0.1, -0.05) is 31.9 Å². The van der Waals surface area contributed by atoms with Crippen LogP contribution in [0.2, 0.25) is 0 Å². The minimum Gasteiger partial charge on any atom is -0.259 e. The van der Waals surface area contributed by atoms with E-state index in [1.54, 1.807) is 0 Å². The van der Waals surface area contributed by atoms with Crippen molar-refractivity contribution >= 4 is 42.7 Å². The van der Waals surface area contributed by atoms with Gasteiger partial charge in [0, 0.05) is 31.0 Å². The molecule has 0 aromatic carbocycles. The Kier molecular flexibility index (Phi) is 2.97. The molecule has 70 valence electrons. The highest BCUT2D eigenvalue weighted by atomic mass is 79.9. The van der Waals surface area contributed by atoms with Gasteiger partial charge in [-0.25, -0.2) is 0 Å². The maximum atomic E-state index is 11.9. The van der Waals surface area contributed by atoms with Crippen LogP contribution in [0.1, 0.15) is 25.7 Å². The lowest BCUT2D eigenvalue weighted by molar-refractivity contribution is 0.488. The summed E-state index contributed by atoms with van der Waals surface area (Å²) in [4.78, 5) is 1.02. The Morgan fingerprint density at radius 2 is 1.33 bits per heavy atom. The minimum absolute atomic E-state index is 0.428. The Morgan fingerprint density at radius 3 is 1.75 bits per heavy atom. The lowest BCUT2D eigenvalue weighted by Crippen LogP contribution is -2.46. The molecule has 0 radical (unpaired) electrons. The third kappa shape index (κ3) is 1.55. The molecule has 0 aromatic rings. The van der Waals surface area contributed by atoms with E-state index in [1.165, 1.54) is 12.8 Å². The first-order chi connectivity index (χ1) is 5.70. The number of halogens is 2. The molecule has 0 aromatic heterocycles. The smallest absolute Gasteiger partial charge is 0.0476 e. The molecule has 2 saturated heterocycles. The molecular weight excluding hydrogens is 304 g/mol. The fourth-order valence-corrected chi connectivity index (χ4v) is 6.50. The van der Waals surface area contributed by atoms with Crippen LogP contribution in [0.4, 0.5) is 0 Å². The Morgan fingerprint density at radius 1 is 0.917 bits per heavy atom. The number of fused-ring (bicyclic) bond motifs is 2. The Balaban J connectivity index is 2.18. The molecule has 5 atom stereocenters. The predicted octanol–water partition coefficient (Wildman–Crippen LogP) is 2.59. The first-order valence-electron chi connectivity index (χ1n) is 4.37. The summed E-state index contributed by atoms with van der Waals surface area (Å²) in [5, 5.41) is 0.857. The number of hydrogen-bond acceptors (Lipinski definition) is 1. The first-order valence-corrected chi connectivity index (χ1v) is 7.48. The van der Waals surface area contributed by atoms with E-state index >= 15 is 0 Å². The van der Waals surface area contributed by atoms with Crippen molar-refractivity contribution in [3.05, 3.63) is 0 Å². The molecule has 2 rings (SSSR count). The molecule has 0 amide bonds. The van der Waals surface area contributed by atoms with E-state index in [9.17, 15) is 4.21 Å². The summed E-state index contributed by atoms with van der Waals surface area (Å²) in [6.07, 6.45) is 4.64.